The number of carboxylic acids is 1. The molecule has 0 spiro atoms. The van der Waals surface area contributed by atoms with E-state index in [-0.39, 0.29) is 12.2 Å². The van der Waals surface area contributed by atoms with Crippen LogP contribution >= 0.6 is 15.9 Å². The van der Waals surface area contributed by atoms with Crippen LogP contribution in [0.25, 0.3) is 0 Å². The molecule has 4 nitrogen and oxygen atoms in total. The zero-order chi connectivity index (χ0) is 13.8. The Kier molecular flexibility index (Phi) is 4.16. The van der Waals surface area contributed by atoms with Crippen molar-refractivity contribution >= 4 is 21.9 Å². The number of aryl methyl sites for hydroxylation is 1. The summed E-state index contributed by atoms with van der Waals surface area (Å²) in [7, 11) is 0. The van der Waals surface area contributed by atoms with E-state index in [0.29, 0.717) is 10.2 Å². The van der Waals surface area contributed by atoms with Gasteiger partial charge in [0, 0.05) is 10.7 Å². The molecule has 0 aliphatic carbocycles. The normalized spacial score (nSPS) is 10.2. The molecule has 0 radical (unpaired) electrons. The zero-order valence-electron chi connectivity index (χ0n) is 10.3. The van der Waals surface area contributed by atoms with Crippen molar-refractivity contribution in [3.05, 3.63) is 57.8 Å². The summed E-state index contributed by atoms with van der Waals surface area (Å²) in [5.41, 5.74) is 1.66. The first-order valence-corrected chi connectivity index (χ1v) is 6.43. The van der Waals surface area contributed by atoms with Crippen molar-refractivity contribution in [3.8, 4) is 5.75 Å². The van der Waals surface area contributed by atoms with Gasteiger partial charge in [-0.05, 0) is 36.8 Å². The Labute approximate surface area is 119 Å². The maximum atomic E-state index is 11.2. The standard InChI is InChI=1S/C14H12BrNO3/c1-9-6-10(15)7-12(14(17)18)13(9)19-8-11-4-2-3-5-16-11/h2-7H,8H2,1H3,(H,17,18). The molecule has 0 bridgehead atoms. The van der Waals surface area contributed by atoms with Gasteiger partial charge in [-0.1, -0.05) is 22.0 Å². The van der Waals surface area contributed by atoms with Gasteiger partial charge in [0.2, 0.25) is 0 Å². The molecule has 2 rings (SSSR count). The van der Waals surface area contributed by atoms with Crippen LogP contribution in [0.4, 0.5) is 0 Å². The van der Waals surface area contributed by atoms with E-state index < -0.39 is 5.97 Å². The molecule has 0 saturated heterocycles. The van der Waals surface area contributed by atoms with Crippen LogP contribution in [0.5, 0.6) is 5.75 Å². The Morgan fingerprint density at radius 2 is 2.21 bits per heavy atom. The zero-order valence-corrected chi connectivity index (χ0v) is 11.8. The molecule has 1 aromatic carbocycles. The first kappa shape index (κ1) is 13.5. The van der Waals surface area contributed by atoms with E-state index in [9.17, 15) is 9.90 Å². The number of benzene rings is 1. The van der Waals surface area contributed by atoms with Gasteiger partial charge in [0.1, 0.15) is 17.9 Å². The molecule has 5 heteroatoms. The molecule has 0 aliphatic rings. The van der Waals surface area contributed by atoms with E-state index >= 15 is 0 Å². The number of carboxylic acid groups (broad SMARTS) is 1. The third kappa shape index (κ3) is 3.32. The van der Waals surface area contributed by atoms with Gasteiger partial charge in [0.05, 0.1) is 5.69 Å². The molecule has 0 saturated carbocycles. The second-order valence-electron chi connectivity index (χ2n) is 4.01. The van der Waals surface area contributed by atoms with E-state index in [4.69, 9.17) is 4.74 Å². The van der Waals surface area contributed by atoms with Gasteiger partial charge in [0.15, 0.2) is 0 Å². The van der Waals surface area contributed by atoms with Crippen molar-refractivity contribution < 1.29 is 14.6 Å². The molecule has 0 fully saturated rings. The van der Waals surface area contributed by atoms with Crippen molar-refractivity contribution in [2.24, 2.45) is 0 Å². The summed E-state index contributed by atoms with van der Waals surface area (Å²) in [4.78, 5) is 15.4. The third-order valence-electron chi connectivity index (χ3n) is 2.56. The van der Waals surface area contributed by atoms with Gasteiger partial charge in [-0.2, -0.15) is 0 Å². The van der Waals surface area contributed by atoms with Crippen LogP contribution in [0.3, 0.4) is 0 Å². The highest BCUT2D eigenvalue weighted by Crippen LogP contribution is 2.28. The minimum absolute atomic E-state index is 0.141. The Morgan fingerprint density at radius 3 is 2.84 bits per heavy atom. The van der Waals surface area contributed by atoms with E-state index in [1.807, 2.05) is 31.2 Å². The fourth-order valence-electron chi connectivity index (χ4n) is 1.71. The minimum Gasteiger partial charge on any atom is -0.486 e. The molecular weight excluding hydrogens is 310 g/mol. The van der Waals surface area contributed by atoms with Gasteiger partial charge >= 0.3 is 5.97 Å². The number of hydrogen-bond donors (Lipinski definition) is 1. The number of carbonyl (C=O) groups is 1. The monoisotopic (exact) mass is 321 g/mol. The predicted octanol–water partition coefficient (Wildman–Crippen LogP) is 3.43. The molecule has 0 amide bonds. The van der Waals surface area contributed by atoms with E-state index in [1.54, 1.807) is 6.20 Å². The van der Waals surface area contributed by atoms with E-state index in [2.05, 4.69) is 20.9 Å². The van der Waals surface area contributed by atoms with Gasteiger partial charge in [-0.3, -0.25) is 4.98 Å². The lowest BCUT2D eigenvalue weighted by atomic mass is 10.1. The summed E-state index contributed by atoms with van der Waals surface area (Å²) in [6.45, 7) is 2.05. The second-order valence-corrected chi connectivity index (χ2v) is 4.93. The molecule has 0 atom stereocenters. The molecule has 2 aromatic rings. The summed E-state index contributed by atoms with van der Waals surface area (Å²) in [5.74, 6) is -0.637. The highest BCUT2D eigenvalue weighted by atomic mass is 79.9. The van der Waals surface area contributed by atoms with Crippen molar-refractivity contribution in [3.63, 3.8) is 0 Å². The van der Waals surface area contributed by atoms with Crippen LogP contribution in [0, 0.1) is 6.92 Å². The van der Waals surface area contributed by atoms with Crippen molar-refractivity contribution in [2.75, 3.05) is 0 Å². The largest absolute Gasteiger partial charge is 0.486 e. The topological polar surface area (TPSA) is 59.4 Å². The maximum Gasteiger partial charge on any atom is 0.339 e. The van der Waals surface area contributed by atoms with Crippen molar-refractivity contribution in [1.82, 2.24) is 4.98 Å². The first-order valence-electron chi connectivity index (χ1n) is 5.64. The predicted molar refractivity (Wildman–Crippen MR) is 74.4 cm³/mol. The molecule has 0 aliphatic heterocycles. The van der Waals surface area contributed by atoms with E-state index in [0.717, 1.165) is 11.3 Å². The molecule has 1 heterocycles. The van der Waals surface area contributed by atoms with Crippen LogP contribution in [0.2, 0.25) is 0 Å². The Bertz CT molecular complexity index is 599. The summed E-state index contributed by atoms with van der Waals surface area (Å²) in [6.07, 6.45) is 1.67. The van der Waals surface area contributed by atoms with Crippen LogP contribution in [-0.4, -0.2) is 16.1 Å². The SMILES string of the molecule is Cc1cc(Br)cc(C(=O)O)c1OCc1ccccn1. The summed E-state index contributed by atoms with van der Waals surface area (Å²) in [5, 5.41) is 9.20. The number of halogens is 1. The number of hydrogen-bond acceptors (Lipinski definition) is 3. The number of aromatic carboxylic acids is 1. The van der Waals surface area contributed by atoms with Crippen LogP contribution < -0.4 is 4.74 Å². The Morgan fingerprint density at radius 1 is 1.42 bits per heavy atom. The molecule has 1 N–H and O–H groups in total. The third-order valence-corrected chi connectivity index (χ3v) is 3.02. The van der Waals surface area contributed by atoms with Crippen LogP contribution in [-0.2, 0) is 6.61 Å². The summed E-state index contributed by atoms with van der Waals surface area (Å²) < 4.78 is 6.32. The Hall–Kier alpha value is -1.88. The maximum absolute atomic E-state index is 11.2. The summed E-state index contributed by atoms with van der Waals surface area (Å²) >= 11 is 3.28. The molecule has 0 unspecified atom stereocenters. The summed E-state index contributed by atoms with van der Waals surface area (Å²) in [6, 6.07) is 8.85. The van der Waals surface area contributed by atoms with Crippen LogP contribution in [0.1, 0.15) is 21.6 Å². The average molecular weight is 322 g/mol. The minimum atomic E-state index is -1.01. The molecule has 98 valence electrons. The number of pyridine rings is 1. The lowest BCUT2D eigenvalue weighted by molar-refractivity contribution is 0.0691. The number of nitrogens with zero attached hydrogens (tertiary/aromatic N) is 1. The van der Waals surface area contributed by atoms with Gasteiger partial charge in [-0.15, -0.1) is 0 Å². The van der Waals surface area contributed by atoms with Crippen molar-refractivity contribution in [1.29, 1.82) is 0 Å². The molecule has 19 heavy (non-hydrogen) atoms. The lowest BCUT2D eigenvalue weighted by Gasteiger charge is -2.12. The fourth-order valence-corrected chi connectivity index (χ4v) is 2.28. The van der Waals surface area contributed by atoms with Crippen LogP contribution in [0.15, 0.2) is 41.0 Å². The van der Waals surface area contributed by atoms with Gasteiger partial charge < -0.3 is 9.84 Å². The number of rotatable bonds is 4. The highest BCUT2D eigenvalue weighted by molar-refractivity contribution is 9.10. The molecule has 1 aromatic heterocycles. The van der Waals surface area contributed by atoms with Gasteiger partial charge in [-0.25, -0.2) is 4.79 Å². The average Bonchev–Trinajstić information content (AvgIpc) is 2.38. The fraction of sp³-hybridized carbons (Fsp3) is 0.143. The first-order chi connectivity index (χ1) is 9.08. The van der Waals surface area contributed by atoms with E-state index in [1.165, 1.54) is 6.07 Å². The van der Waals surface area contributed by atoms with Gasteiger partial charge in [0.25, 0.3) is 0 Å². The number of aromatic nitrogens is 1. The smallest absolute Gasteiger partial charge is 0.339 e. The second kappa shape index (κ2) is 5.84. The Balaban J connectivity index is 2.27. The molecular formula is C14H12BrNO3. The quantitative estimate of drug-likeness (QED) is 0.937. The van der Waals surface area contributed by atoms with Crippen molar-refractivity contribution in [2.45, 2.75) is 13.5 Å². The number of ether oxygens (including phenoxy) is 1. The highest BCUT2D eigenvalue weighted by Gasteiger charge is 2.15. The lowest BCUT2D eigenvalue weighted by Crippen LogP contribution is -2.06.